The van der Waals surface area contributed by atoms with E-state index in [0.29, 0.717) is 41.0 Å². The highest BCUT2D eigenvalue weighted by Gasteiger charge is 2.44. The molecule has 1 aliphatic heterocycles. The van der Waals surface area contributed by atoms with E-state index in [0.717, 1.165) is 12.2 Å². The molecule has 0 radical (unpaired) electrons. The number of halogens is 1. The predicted molar refractivity (Wildman–Crippen MR) is 135 cm³/mol. The number of amides is 2. The smallest absolute Gasteiger partial charge is 0.277 e. The number of carbonyl (C=O) groups is 2. The zero-order chi connectivity index (χ0) is 24.2. The number of hydrogen-bond donors (Lipinski definition) is 2. The lowest BCUT2D eigenvalue weighted by atomic mass is 9.90. The molecule has 0 spiro atoms. The molecule has 1 aromatic heterocycles. The maximum absolute atomic E-state index is 13.7. The summed E-state index contributed by atoms with van der Waals surface area (Å²) in [4.78, 5) is 27.6. The second-order valence-corrected chi connectivity index (χ2v) is 10.4. The molecule has 0 saturated heterocycles. The molecular formula is C27H28ClN5O2. The fourth-order valence-electron chi connectivity index (χ4n) is 5.26. The standard InChI is InChI=1S/C27H28ClN5O2/c28-18-3-1-6-21(15-18)33-24-22(23(31-33)25(29)34)11-14-32(26(24)35)20-9-7-17(8-10-20)27(12-13-27)16-30-19-4-2-5-19/h1,3,6-10,15,19,30H,2,4-5,11-14,16H2,(H2,29,34). The number of aromatic nitrogens is 2. The molecule has 35 heavy (non-hydrogen) atoms. The van der Waals surface area contributed by atoms with Crippen molar-refractivity contribution in [3.63, 3.8) is 0 Å². The third-order valence-corrected chi connectivity index (χ3v) is 8.02. The van der Waals surface area contributed by atoms with Gasteiger partial charge in [-0.1, -0.05) is 36.2 Å². The first-order valence-corrected chi connectivity index (χ1v) is 12.7. The average molecular weight is 490 g/mol. The van der Waals surface area contributed by atoms with Gasteiger partial charge in [0.05, 0.1) is 5.69 Å². The van der Waals surface area contributed by atoms with Gasteiger partial charge in [-0.2, -0.15) is 5.10 Å². The lowest BCUT2D eigenvalue weighted by molar-refractivity contribution is 0.0972. The third-order valence-electron chi connectivity index (χ3n) is 7.78. The minimum absolute atomic E-state index is 0.137. The second kappa shape index (κ2) is 8.50. The fourth-order valence-corrected chi connectivity index (χ4v) is 5.45. The summed E-state index contributed by atoms with van der Waals surface area (Å²) >= 11 is 6.18. The first kappa shape index (κ1) is 22.3. The number of anilines is 1. The van der Waals surface area contributed by atoms with Crippen molar-refractivity contribution in [3.05, 3.63) is 76.1 Å². The molecule has 8 heteroatoms. The molecule has 3 N–H and O–H groups in total. The Labute approximate surface area is 209 Å². The first-order chi connectivity index (χ1) is 16.9. The number of primary amides is 1. The molecule has 0 unspecified atom stereocenters. The van der Waals surface area contributed by atoms with Crippen molar-refractivity contribution in [1.82, 2.24) is 15.1 Å². The number of fused-ring (bicyclic) bond motifs is 1. The van der Waals surface area contributed by atoms with Crippen molar-refractivity contribution in [1.29, 1.82) is 0 Å². The summed E-state index contributed by atoms with van der Waals surface area (Å²) in [6.07, 6.45) is 6.81. The predicted octanol–water partition coefficient (Wildman–Crippen LogP) is 4.00. The number of carbonyl (C=O) groups excluding carboxylic acids is 2. The van der Waals surface area contributed by atoms with E-state index in [-0.39, 0.29) is 17.0 Å². The van der Waals surface area contributed by atoms with Crippen LogP contribution in [0, 0.1) is 0 Å². The normalized spacial score (nSPS) is 18.8. The molecule has 2 heterocycles. The Morgan fingerprint density at radius 2 is 1.91 bits per heavy atom. The first-order valence-electron chi connectivity index (χ1n) is 12.3. The lowest BCUT2D eigenvalue weighted by Crippen LogP contribution is -2.40. The van der Waals surface area contributed by atoms with Crippen LogP contribution < -0.4 is 16.0 Å². The molecule has 180 valence electrons. The molecule has 2 aromatic carbocycles. The third kappa shape index (κ3) is 3.93. The minimum Gasteiger partial charge on any atom is -0.364 e. The van der Waals surface area contributed by atoms with Crippen LogP contribution >= 0.6 is 11.6 Å². The largest absolute Gasteiger partial charge is 0.364 e. The van der Waals surface area contributed by atoms with Crippen LogP contribution in [0.25, 0.3) is 5.69 Å². The molecule has 6 rings (SSSR count). The highest BCUT2D eigenvalue weighted by molar-refractivity contribution is 6.30. The average Bonchev–Trinajstić information content (AvgIpc) is 3.50. The van der Waals surface area contributed by atoms with Gasteiger partial charge in [0.1, 0.15) is 5.69 Å². The number of nitrogens with two attached hydrogens (primary N) is 1. The number of nitrogens with one attached hydrogen (secondary N) is 1. The van der Waals surface area contributed by atoms with Gasteiger partial charge in [-0.15, -0.1) is 0 Å². The molecule has 0 atom stereocenters. The minimum atomic E-state index is -0.641. The summed E-state index contributed by atoms with van der Waals surface area (Å²) in [5.41, 5.74) is 9.70. The van der Waals surface area contributed by atoms with Gasteiger partial charge in [0.15, 0.2) is 5.69 Å². The Kier molecular flexibility index (Phi) is 5.42. The molecular weight excluding hydrogens is 462 g/mol. The van der Waals surface area contributed by atoms with Gasteiger partial charge in [-0.3, -0.25) is 9.59 Å². The van der Waals surface area contributed by atoms with Gasteiger partial charge in [-0.25, -0.2) is 4.68 Å². The van der Waals surface area contributed by atoms with Crippen LogP contribution in [0.4, 0.5) is 5.69 Å². The van der Waals surface area contributed by atoms with Crippen LogP contribution in [0.15, 0.2) is 48.5 Å². The fraction of sp³-hybridized carbons (Fsp3) is 0.370. The Balaban J connectivity index is 1.29. The maximum atomic E-state index is 13.7. The van der Waals surface area contributed by atoms with E-state index in [1.165, 1.54) is 42.3 Å². The monoisotopic (exact) mass is 489 g/mol. The van der Waals surface area contributed by atoms with Gasteiger partial charge in [0.25, 0.3) is 11.8 Å². The summed E-state index contributed by atoms with van der Waals surface area (Å²) < 4.78 is 1.50. The summed E-state index contributed by atoms with van der Waals surface area (Å²) in [6.45, 7) is 1.48. The van der Waals surface area contributed by atoms with Crippen LogP contribution in [-0.2, 0) is 11.8 Å². The van der Waals surface area contributed by atoms with Crippen LogP contribution in [0.2, 0.25) is 5.02 Å². The van der Waals surface area contributed by atoms with Gasteiger partial charge in [0, 0.05) is 40.8 Å². The van der Waals surface area contributed by atoms with Gasteiger partial charge < -0.3 is 16.0 Å². The molecule has 3 aromatic rings. The van der Waals surface area contributed by atoms with E-state index in [1.54, 1.807) is 29.2 Å². The number of hydrogen-bond acceptors (Lipinski definition) is 4. The van der Waals surface area contributed by atoms with Crippen molar-refractivity contribution in [2.24, 2.45) is 5.73 Å². The second-order valence-electron chi connectivity index (χ2n) is 9.97. The summed E-state index contributed by atoms with van der Waals surface area (Å²) in [5, 5.41) is 8.66. The highest BCUT2D eigenvalue weighted by Crippen LogP contribution is 2.48. The molecule has 2 amide bonds. The van der Waals surface area contributed by atoms with Gasteiger partial charge >= 0.3 is 0 Å². The van der Waals surface area contributed by atoms with Crippen LogP contribution in [0.3, 0.4) is 0 Å². The van der Waals surface area contributed by atoms with Crippen molar-refractivity contribution in [2.45, 2.75) is 50.0 Å². The van der Waals surface area contributed by atoms with E-state index >= 15 is 0 Å². The van der Waals surface area contributed by atoms with E-state index in [2.05, 4.69) is 22.5 Å². The molecule has 0 bridgehead atoms. The molecule has 2 fully saturated rings. The number of rotatable bonds is 7. The topological polar surface area (TPSA) is 93.2 Å². The SMILES string of the molecule is NC(=O)c1nn(-c2cccc(Cl)c2)c2c1CCN(c1ccc(C3(CNC4CCC4)CC3)cc1)C2=O. The van der Waals surface area contributed by atoms with Gasteiger partial charge in [-0.05, 0) is 68.0 Å². The van der Waals surface area contributed by atoms with E-state index in [9.17, 15) is 9.59 Å². The lowest BCUT2D eigenvalue weighted by Gasteiger charge is -2.30. The zero-order valence-electron chi connectivity index (χ0n) is 19.5. The number of nitrogens with zero attached hydrogens (tertiary/aromatic N) is 3. The Bertz CT molecular complexity index is 1310. The van der Waals surface area contributed by atoms with Gasteiger partial charge in [0.2, 0.25) is 0 Å². The zero-order valence-corrected chi connectivity index (χ0v) is 20.2. The van der Waals surface area contributed by atoms with Crippen molar-refractivity contribution in [2.75, 3.05) is 18.0 Å². The van der Waals surface area contributed by atoms with Crippen molar-refractivity contribution >= 4 is 29.1 Å². The Morgan fingerprint density at radius 1 is 1.14 bits per heavy atom. The van der Waals surface area contributed by atoms with Crippen LogP contribution in [0.1, 0.15) is 64.2 Å². The van der Waals surface area contributed by atoms with Crippen LogP contribution in [0.5, 0.6) is 0 Å². The van der Waals surface area contributed by atoms with Crippen molar-refractivity contribution < 1.29 is 9.59 Å². The number of benzene rings is 2. The van der Waals surface area contributed by atoms with E-state index in [1.807, 2.05) is 12.1 Å². The summed E-state index contributed by atoms with van der Waals surface area (Å²) in [7, 11) is 0. The van der Waals surface area contributed by atoms with Crippen LogP contribution in [-0.4, -0.2) is 40.7 Å². The van der Waals surface area contributed by atoms with Crippen molar-refractivity contribution in [3.8, 4) is 5.69 Å². The maximum Gasteiger partial charge on any atom is 0.277 e. The molecule has 3 aliphatic rings. The Morgan fingerprint density at radius 3 is 2.54 bits per heavy atom. The summed E-state index contributed by atoms with van der Waals surface area (Å²) in [6, 6.07) is 16.1. The van der Waals surface area contributed by atoms with E-state index < -0.39 is 5.91 Å². The quantitative estimate of drug-likeness (QED) is 0.524. The highest BCUT2D eigenvalue weighted by atomic mass is 35.5. The summed E-state index contributed by atoms with van der Waals surface area (Å²) in [5.74, 6) is -0.843. The Hall–Kier alpha value is -3.16. The molecule has 2 aliphatic carbocycles. The van der Waals surface area contributed by atoms with E-state index in [4.69, 9.17) is 17.3 Å². The molecule has 2 saturated carbocycles. The molecule has 7 nitrogen and oxygen atoms in total.